The lowest BCUT2D eigenvalue weighted by Gasteiger charge is -2.24. The minimum atomic E-state index is -0.409. The molecule has 0 aromatic heterocycles. The van der Waals surface area contributed by atoms with Crippen LogP contribution in [0.1, 0.15) is 37.8 Å². The van der Waals surface area contributed by atoms with Crippen molar-refractivity contribution < 1.29 is 14.2 Å². The smallest absolute Gasteiger partial charge is 0.166 e. The van der Waals surface area contributed by atoms with Gasteiger partial charge in [0.2, 0.25) is 0 Å². The molecule has 4 nitrogen and oxygen atoms in total. The summed E-state index contributed by atoms with van der Waals surface area (Å²) in [6.45, 7) is 5.12. The van der Waals surface area contributed by atoms with E-state index in [-0.39, 0.29) is 0 Å². The van der Waals surface area contributed by atoms with Crippen LogP contribution in [0.5, 0.6) is 5.75 Å². The van der Waals surface area contributed by atoms with Crippen molar-refractivity contribution >= 4 is 0 Å². The molecule has 1 saturated heterocycles. The molecule has 0 amide bonds. The minimum absolute atomic E-state index is 0.360. The van der Waals surface area contributed by atoms with Gasteiger partial charge in [0.15, 0.2) is 5.79 Å². The molecule has 1 N–H and O–H groups in total. The van der Waals surface area contributed by atoms with Gasteiger partial charge in [-0.3, -0.25) is 0 Å². The largest absolute Gasteiger partial charge is 0.493 e. The molecule has 1 aromatic rings. The van der Waals surface area contributed by atoms with Crippen LogP contribution >= 0.6 is 0 Å². The van der Waals surface area contributed by atoms with E-state index >= 15 is 0 Å². The lowest BCUT2D eigenvalue weighted by molar-refractivity contribution is -0.145. The van der Waals surface area contributed by atoms with E-state index in [9.17, 15) is 0 Å². The summed E-state index contributed by atoms with van der Waals surface area (Å²) in [4.78, 5) is 0. The highest BCUT2D eigenvalue weighted by Crippen LogP contribution is 2.31. The first-order valence-electron chi connectivity index (χ1n) is 7.50. The van der Waals surface area contributed by atoms with Crippen LogP contribution in [0.2, 0.25) is 0 Å². The van der Waals surface area contributed by atoms with Crippen molar-refractivity contribution in [1.82, 2.24) is 5.32 Å². The predicted octanol–water partition coefficient (Wildman–Crippen LogP) is 2.64. The van der Waals surface area contributed by atoms with Gasteiger partial charge >= 0.3 is 0 Å². The molecular weight excluding hydrogens is 254 g/mol. The van der Waals surface area contributed by atoms with E-state index in [1.807, 2.05) is 13.0 Å². The van der Waals surface area contributed by atoms with Gasteiger partial charge in [0, 0.05) is 24.6 Å². The van der Waals surface area contributed by atoms with Crippen LogP contribution in [0, 0.1) is 0 Å². The molecule has 20 heavy (non-hydrogen) atoms. The number of benzene rings is 1. The molecule has 0 bridgehead atoms. The molecule has 4 heteroatoms. The zero-order valence-corrected chi connectivity index (χ0v) is 12.1. The maximum Gasteiger partial charge on any atom is 0.166 e. The van der Waals surface area contributed by atoms with Crippen LogP contribution < -0.4 is 10.1 Å². The van der Waals surface area contributed by atoms with Gasteiger partial charge in [0.1, 0.15) is 5.75 Å². The van der Waals surface area contributed by atoms with Gasteiger partial charge in [-0.1, -0.05) is 18.2 Å². The SMILES string of the molecule is CC1(CCNC2CCCOc3ccccc32)OCCO1. The first-order chi connectivity index (χ1) is 9.77. The van der Waals surface area contributed by atoms with Gasteiger partial charge in [-0.2, -0.15) is 0 Å². The Morgan fingerprint density at radius 3 is 2.85 bits per heavy atom. The second-order valence-corrected chi connectivity index (χ2v) is 5.62. The number of hydrogen-bond acceptors (Lipinski definition) is 4. The number of rotatable bonds is 4. The molecule has 0 aliphatic carbocycles. The van der Waals surface area contributed by atoms with Crippen LogP contribution in [0.25, 0.3) is 0 Å². The monoisotopic (exact) mass is 277 g/mol. The summed E-state index contributed by atoms with van der Waals surface area (Å²) in [6, 6.07) is 8.68. The Labute approximate surface area is 120 Å². The van der Waals surface area contributed by atoms with E-state index in [4.69, 9.17) is 14.2 Å². The summed E-state index contributed by atoms with van der Waals surface area (Å²) in [5.41, 5.74) is 1.27. The normalized spacial score (nSPS) is 24.8. The molecule has 2 heterocycles. The first kappa shape index (κ1) is 13.9. The number of nitrogens with one attached hydrogen (secondary N) is 1. The molecule has 1 aromatic carbocycles. The van der Waals surface area contributed by atoms with Gasteiger partial charge in [0.25, 0.3) is 0 Å². The van der Waals surface area contributed by atoms with E-state index < -0.39 is 5.79 Å². The van der Waals surface area contributed by atoms with Crippen LogP contribution in [0.3, 0.4) is 0 Å². The lowest BCUT2D eigenvalue weighted by atomic mass is 10.0. The number of para-hydroxylation sites is 1. The second-order valence-electron chi connectivity index (χ2n) is 5.62. The van der Waals surface area contributed by atoms with E-state index in [1.54, 1.807) is 0 Å². The Kier molecular flexibility index (Phi) is 4.24. The third kappa shape index (κ3) is 3.14. The Bertz CT molecular complexity index is 443. The fourth-order valence-electron chi connectivity index (χ4n) is 2.91. The molecule has 0 spiro atoms. The molecule has 0 radical (unpaired) electrons. The van der Waals surface area contributed by atoms with Crippen molar-refractivity contribution in [1.29, 1.82) is 0 Å². The molecule has 110 valence electrons. The van der Waals surface area contributed by atoms with Crippen molar-refractivity contribution in [2.24, 2.45) is 0 Å². The highest BCUT2D eigenvalue weighted by molar-refractivity contribution is 5.36. The number of hydrogen-bond donors (Lipinski definition) is 1. The molecule has 1 unspecified atom stereocenters. The number of ether oxygens (including phenoxy) is 3. The minimum Gasteiger partial charge on any atom is -0.493 e. The average Bonchev–Trinajstić information content (AvgIpc) is 2.78. The molecule has 1 fully saturated rings. The zero-order valence-electron chi connectivity index (χ0n) is 12.1. The highest BCUT2D eigenvalue weighted by atomic mass is 16.7. The van der Waals surface area contributed by atoms with E-state index in [2.05, 4.69) is 23.5 Å². The fraction of sp³-hybridized carbons (Fsp3) is 0.625. The maximum atomic E-state index is 5.79. The summed E-state index contributed by atoms with van der Waals surface area (Å²) in [5.74, 6) is 0.607. The van der Waals surface area contributed by atoms with Gasteiger partial charge in [-0.15, -0.1) is 0 Å². The molecule has 3 rings (SSSR count). The van der Waals surface area contributed by atoms with Crippen LogP contribution in [-0.2, 0) is 9.47 Å². The molecule has 1 atom stereocenters. The third-order valence-corrected chi connectivity index (χ3v) is 4.06. The fourth-order valence-corrected chi connectivity index (χ4v) is 2.91. The van der Waals surface area contributed by atoms with Gasteiger partial charge < -0.3 is 19.5 Å². The van der Waals surface area contributed by atoms with E-state index in [0.717, 1.165) is 38.2 Å². The third-order valence-electron chi connectivity index (χ3n) is 4.06. The highest BCUT2D eigenvalue weighted by Gasteiger charge is 2.30. The second kappa shape index (κ2) is 6.12. The van der Waals surface area contributed by atoms with Crippen molar-refractivity contribution in [3.63, 3.8) is 0 Å². The standard InChI is InChI=1S/C16H23NO3/c1-16(19-11-12-20-16)8-9-17-14-6-4-10-18-15-7-3-2-5-13(14)15/h2-3,5,7,14,17H,4,6,8-12H2,1H3. The summed E-state index contributed by atoms with van der Waals surface area (Å²) in [6.07, 6.45) is 3.05. The Morgan fingerprint density at radius 2 is 2.00 bits per heavy atom. The molecule has 2 aliphatic heterocycles. The van der Waals surface area contributed by atoms with Crippen LogP contribution in [0.15, 0.2) is 24.3 Å². The summed E-state index contributed by atoms with van der Waals surface area (Å²) >= 11 is 0. The van der Waals surface area contributed by atoms with Crippen molar-refractivity contribution in [3.05, 3.63) is 29.8 Å². The maximum absolute atomic E-state index is 5.79. The summed E-state index contributed by atoms with van der Waals surface area (Å²) in [5, 5.41) is 3.63. The van der Waals surface area contributed by atoms with E-state index in [1.165, 1.54) is 5.56 Å². The van der Waals surface area contributed by atoms with Gasteiger partial charge in [0.05, 0.1) is 19.8 Å². The average molecular weight is 277 g/mol. The molecule has 2 aliphatic rings. The lowest BCUT2D eigenvalue weighted by Crippen LogP contribution is -2.32. The zero-order chi connectivity index (χ0) is 13.8. The van der Waals surface area contributed by atoms with Crippen LogP contribution in [0.4, 0.5) is 0 Å². The van der Waals surface area contributed by atoms with Crippen molar-refractivity contribution in [2.75, 3.05) is 26.4 Å². The predicted molar refractivity (Wildman–Crippen MR) is 76.8 cm³/mol. The van der Waals surface area contributed by atoms with Gasteiger partial charge in [-0.05, 0) is 25.8 Å². The molecule has 0 saturated carbocycles. The topological polar surface area (TPSA) is 39.7 Å². The summed E-state index contributed by atoms with van der Waals surface area (Å²) in [7, 11) is 0. The number of fused-ring (bicyclic) bond motifs is 1. The quantitative estimate of drug-likeness (QED) is 0.918. The molecular formula is C16H23NO3. The Balaban J connectivity index is 1.59. The van der Waals surface area contributed by atoms with Crippen molar-refractivity contribution in [3.8, 4) is 5.75 Å². The first-order valence-corrected chi connectivity index (χ1v) is 7.50. The Hall–Kier alpha value is -1.10. The Morgan fingerprint density at radius 1 is 1.20 bits per heavy atom. The van der Waals surface area contributed by atoms with Crippen LogP contribution in [-0.4, -0.2) is 32.2 Å². The van der Waals surface area contributed by atoms with Crippen molar-refractivity contribution in [2.45, 2.75) is 38.0 Å². The van der Waals surface area contributed by atoms with E-state index in [0.29, 0.717) is 19.3 Å². The summed E-state index contributed by atoms with van der Waals surface area (Å²) < 4.78 is 17.1. The van der Waals surface area contributed by atoms with Gasteiger partial charge in [-0.25, -0.2) is 0 Å².